The van der Waals surface area contributed by atoms with Gasteiger partial charge in [-0.05, 0) is 11.1 Å². The molecule has 0 N–H and O–H groups in total. The van der Waals surface area contributed by atoms with Gasteiger partial charge in [-0.15, -0.1) is 6.58 Å². The van der Waals surface area contributed by atoms with Crippen molar-refractivity contribution in [2.24, 2.45) is 10.5 Å². The molecule has 8 heteroatoms. The fourth-order valence-electron chi connectivity index (χ4n) is 2.90. The predicted octanol–water partition coefficient (Wildman–Crippen LogP) is 3.30. The number of ether oxygens (including phenoxy) is 1. The number of amides is 2. The van der Waals surface area contributed by atoms with Gasteiger partial charge in [-0.1, -0.05) is 41.5 Å². The van der Waals surface area contributed by atoms with Gasteiger partial charge in [-0.3, -0.25) is 4.79 Å². The quantitative estimate of drug-likeness (QED) is 0.354. The predicted molar refractivity (Wildman–Crippen MR) is 90.3 cm³/mol. The van der Waals surface area contributed by atoms with Crippen LogP contribution < -0.4 is 0 Å². The normalized spacial score (nSPS) is 22.8. The van der Waals surface area contributed by atoms with Crippen LogP contribution in [-0.2, 0) is 9.53 Å². The molecule has 1 aromatic rings. The molecule has 0 spiro atoms. The van der Waals surface area contributed by atoms with Crippen molar-refractivity contribution in [1.29, 1.82) is 0 Å². The van der Waals surface area contributed by atoms with Crippen molar-refractivity contribution >= 4 is 23.8 Å². The lowest BCUT2D eigenvalue weighted by molar-refractivity contribution is -0.132. The molecule has 0 aliphatic carbocycles. The van der Waals surface area contributed by atoms with Crippen LogP contribution in [0.3, 0.4) is 0 Å². The lowest BCUT2D eigenvalue weighted by Crippen LogP contribution is -2.53. The van der Waals surface area contributed by atoms with Gasteiger partial charge in [0.2, 0.25) is 5.91 Å². The highest BCUT2D eigenvalue weighted by molar-refractivity contribution is 8.00. The van der Waals surface area contributed by atoms with E-state index in [9.17, 15) is 9.59 Å². The van der Waals surface area contributed by atoms with Crippen LogP contribution in [0.5, 0.6) is 0 Å². The standard InChI is InChI=1S/C16H16N4O3S/c1-2-16(9-24-10-16)13(18-19-17)14(21)20-12(8-23-15(20)22)11-6-4-3-5-7-11/h2-7,12-13H,1,8-10H2. The summed E-state index contributed by atoms with van der Waals surface area (Å²) in [4.78, 5) is 29.1. The fraction of sp³-hybridized carbons (Fsp3) is 0.375. The summed E-state index contributed by atoms with van der Waals surface area (Å²) in [6.07, 6.45) is 0.942. The highest BCUT2D eigenvalue weighted by atomic mass is 32.2. The summed E-state index contributed by atoms with van der Waals surface area (Å²) < 4.78 is 5.08. The highest BCUT2D eigenvalue weighted by Gasteiger charge is 2.51. The summed E-state index contributed by atoms with van der Waals surface area (Å²) in [7, 11) is 0. The molecule has 2 fully saturated rings. The van der Waals surface area contributed by atoms with Gasteiger partial charge >= 0.3 is 6.09 Å². The molecule has 124 valence electrons. The van der Waals surface area contributed by atoms with E-state index in [-0.39, 0.29) is 6.61 Å². The first-order valence-electron chi connectivity index (χ1n) is 7.43. The monoisotopic (exact) mass is 344 g/mol. The molecule has 2 atom stereocenters. The second-order valence-corrected chi connectivity index (χ2v) is 6.73. The Hall–Kier alpha value is -2.44. The van der Waals surface area contributed by atoms with Crippen LogP contribution in [0.1, 0.15) is 11.6 Å². The number of nitrogens with zero attached hydrogens (tertiary/aromatic N) is 4. The van der Waals surface area contributed by atoms with Crippen LogP contribution in [0.4, 0.5) is 4.79 Å². The molecule has 3 rings (SSSR count). The summed E-state index contributed by atoms with van der Waals surface area (Å²) in [5, 5.41) is 3.69. The van der Waals surface area contributed by atoms with Gasteiger partial charge in [-0.2, -0.15) is 11.8 Å². The Morgan fingerprint density at radius 1 is 1.50 bits per heavy atom. The Bertz CT molecular complexity index is 713. The van der Waals surface area contributed by atoms with Gasteiger partial charge in [0.1, 0.15) is 18.7 Å². The molecule has 0 radical (unpaired) electrons. The number of rotatable bonds is 5. The lowest BCUT2D eigenvalue weighted by atomic mass is 9.82. The van der Waals surface area contributed by atoms with Gasteiger partial charge in [0.25, 0.3) is 0 Å². The van der Waals surface area contributed by atoms with Gasteiger partial charge in [0.15, 0.2) is 0 Å². The van der Waals surface area contributed by atoms with E-state index in [2.05, 4.69) is 16.6 Å². The molecular formula is C16H16N4O3S. The van der Waals surface area contributed by atoms with E-state index in [0.717, 1.165) is 10.5 Å². The second kappa shape index (κ2) is 6.59. The molecule has 24 heavy (non-hydrogen) atoms. The van der Waals surface area contributed by atoms with Crippen molar-refractivity contribution in [2.75, 3.05) is 18.1 Å². The molecule has 0 saturated carbocycles. The zero-order valence-corrected chi connectivity index (χ0v) is 13.7. The zero-order chi connectivity index (χ0) is 17.2. The number of cyclic esters (lactones) is 1. The van der Waals surface area contributed by atoms with E-state index < -0.39 is 29.5 Å². The minimum Gasteiger partial charge on any atom is -0.446 e. The molecule has 2 aliphatic rings. The average molecular weight is 344 g/mol. The molecule has 2 amide bonds. The maximum absolute atomic E-state index is 13.0. The number of carbonyl (C=O) groups excluding carboxylic acids is 2. The molecule has 2 aliphatic heterocycles. The first-order chi connectivity index (χ1) is 11.6. The van der Waals surface area contributed by atoms with Gasteiger partial charge in [0, 0.05) is 21.8 Å². The first kappa shape index (κ1) is 16.4. The van der Waals surface area contributed by atoms with Crippen LogP contribution in [-0.4, -0.2) is 41.1 Å². The van der Waals surface area contributed by atoms with Crippen LogP contribution in [0.2, 0.25) is 0 Å². The molecule has 7 nitrogen and oxygen atoms in total. The third kappa shape index (κ3) is 2.64. The van der Waals surface area contributed by atoms with Crippen molar-refractivity contribution in [3.8, 4) is 0 Å². The van der Waals surface area contributed by atoms with Gasteiger partial charge in [0.05, 0.1) is 0 Å². The first-order valence-corrected chi connectivity index (χ1v) is 8.59. The molecule has 2 saturated heterocycles. The Balaban J connectivity index is 1.94. The largest absolute Gasteiger partial charge is 0.446 e. The minimum absolute atomic E-state index is 0.0907. The summed E-state index contributed by atoms with van der Waals surface area (Å²) in [5.74, 6) is 0.722. The number of thioether (sulfide) groups is 1. The molecule has 2 heterocycles. The zero-order valence-electron chi connectivity index (χ0n) is 12.9. The summed E-state index contributed by atoms with van der Waals surface area (Å²) >= 11 is 1.64. The number of hydrogen-bond acceptors (Lipinski definition) is 5. The van der Waals surface area contributed by atoms with E-state index in [1.165, 1.54) is 0 Å². The Labute approximate surface area is 143 Å². The van der Waals surface area contributed by atoms with Crippen molar-refractivity contribution in [3.63, 3.8) is 0 Å². The second-order valence-electron chi connectivity index (χ2n) is 5.75. The van der Waals surface area contributed by atoms with Crippen LogP contribution in [0, 0.1) is 5.41 Å². The number of imide groups is 1. The SMILES string of the molecule is C=CC1(C(N=[N+]=[N-])C(=O)N2C(=O)OCC2c2ccccc2)CSC1. The Kier molecular flexibility index (Phi) is 4.51. The number of azide groups is 1. The molecule has 1 aromatic carbocycles. The van der Waals surface area contributed by atoms with Crippen molar-refractivity contribution in [3.05, 3.63) is 59.0 Å². The van der Waals surface area contributed by atoms with E-state index in [1.807, 2.05) is 30.3 Å². The maximum atomic E-state index is 13.0. The third-order valence-electron chi connectivity index (χ3n) is 4.39. The maximum Gasteiger partial charge on any atom is 0.417 e. The van der Waals surface area contributed by atoms with E-state index in [1.54, 1.807) is 17.8 Å². The van der Waals surface area contributed by atoms with Crippen LogP contribution >= 0.6 is 11.8 Å². The van der Waals surface area contributed by atoms with E-state index >= 15 is 0 Å². The molecule has 0 aromatic heterocycles. The number of hydrogen-bond donors (Lipinski definition) is 0. The number of benzene rings is 1. The summed E-state index contributed by atoms with van der Waals surface area (Å²) in [5.41, 5.74) is 9.07. The van der Waals surface area contributed by atoms with Crippen molar-refractivity contribution in [1.82, 2.24) is 4.90 Å². The summed E-state index contributed by atoms with van der Waals surface area (Å²) in [6.45, 7) is 3.87. The third-order valence-corrected chi connectivity index (χ3v) is 5.87. The van der Waals surface area contributed by atoms with Crippen LogP contribution in [0.15, 0.2) is 48.1 Å². The van der Waals surface area contributed by atoms with E-state index in [0.29, 0.717) is 11.5 Å². The van der Waals surface area contributed by atoms with Crippen molar-refractivity contribution < 1.29 is 14.3 Å². The molecule has 2 unspecified atom stereocenters. The molecular weight excluding hydrogens is 328 g/mol. The van der Waals surface area contributed by atoms with E-state index in [4.69, 9.17) is 10.3 Å². The smallest absolute Gasteiger partial charge is 0.417 e. The highest BCUT2D eigenvalue weighted by Crippen LogP contribution is 2.45. The van der Waals surface area contributed by atoms with Crippen LogP contribution in [0.25, 0.3) is 10.4 Å². The topological polar surface area (TPSA) is 95.4 Å². The molecule has 0 bridgehead atoms. The van der Waals surface area contributed by atoms with Gasteiger partial charge in [-0.25, -0.2) is 9.69 Å². The van der Waals surface area contributed by atoms with Gasteiger partial charge < -0.3 is 4.74 Å². The average Bonchev–Trinajstić information content (AvgIpc) is 2.95. The van der Waals surface area contributed by atoms with Crippen molar-refractivity contribution in [2.45, 2.75) is 12.1 Å². The Morgan fingerprint density at radius 2 is 2.21 bits per heavy atom. The lowest BCUT2D eigenvalue weighted by Gasteiger charge is -2.43. The fourth-order valence-corrected chi connectivity index (χ4v) is 4.13. The minimum atomic E-state index is -1.00. The summed E-state index contributed by atoms with van der Waals surface area (Å²) in [6, 6.07) is 7.67. The Morgan fingerprint density at radius 3 is 2.75 bits per heavy atom. The number of carbonyl (C=O) groups is 2.